The van der Waals surface area contributed by atoms with Crippen LogP contribution in [-0.2, 0) is 11.0 Å². The second-order valence-electron chi connectivity index (χ2n) is 11.3. The minimum atomic E-state index is -5.14. The van der Waals surface area contributed by atoms with Gasteiger partial charge in [-0.25, -0.2) is 4.39 Å². The summed E-state index contributed by atoms with van der Waals surface area (Å²) in [6.45, 7) is 1.51. The number of rotatable bonds is 6. The average Bonchev–Trinajstić information content (AvgIpc) is 3.52. The summed E-state index contributed by atoms with van der Waals surface area (Å²) in [6, 6.07) is 3.43. The molecule has 3 unspecified atom stereocenters. The van der Waals surface area contributed by atoms with Crippen LogP contribution in [0.5, 0.6) is 5.75 Å². The van der Waals surface area contributed by atoms with Gasteiger partial charge in [0, 0.05) is 23.7 Å². The van der Waals surface area contributed by atoms with Gasteiger partial charge in [0.1, 0.15) is 5.82 Å². The number of carbonyl (C=O) groups excluding carboxylic acids is 3. The summed E-state index contributed by atoms with van der Waals surface area (Å²) < 4.78 is 97.3. The molecule has 0 spiro atoms. The summed E-state index contributed by atoms with van der Waals surface area (Å²) in [6.07, 6.45) is -7.67. The third-order valence-electron chi connectivity index (χ3n) is 8.42. The second-order valence-corrected chi connectivity index (χ2v) is 11.3. The van der Waals surface area contributed by atoms with Crippen molar-refractivity contribution in [3.05, 3.63) is 58.9 Å². The first kappa shape index (κ1) is 31.5. The Morgan fingerprint density at radius 3 is 2.27 bits per heavy atom. The van der Waals surface area contributed by atoms with Crippen molar-refractivity contribution >= 4 is 23.4 Å². The lowest BCUT2D eigenvalue weighted by Gasteiger charge is -2.29. The van der Waals surface area contributed by atoms with Crippen LogP contribution in [0.15, 0.2) is 36.4 Å². The van der Waals surface area contributed by atoms with Crippen LogP contribution in [0.3, 0.4) is 0 Å². The lowest BCUT2D eigenvalue weighted by Crippen LogP contribution is -2.43. The van der Waals surface area contributed by atoms with Crippen LogP contribution < -0.4 is 15.4 Å². The van der Waals surface area contributed by atoms with E-state index in [9.17, 15) is 45.1 Å². The normalized spacial score (nSPS) is 22.6. The Hall–Kier alpha value is -3.88. The molecule has 5 rings (SSSR count). The van der Waals surface area contributed by atoms with Gasteiger partial charge in [0.15, 0.2) is 5.75 Å². The van der Waals surface area contributed by atoms with Gasteiger partial charge in [-0.1, -0.05) is 0 Å². The molecule has 44 heavy (non-hydrogen) atoms. The molecular weight excluding hydrogens is 601 g/mol. The number of nitrogens with zero attached hydrogens (tertiary/aromatic N) is 2. The van der Waals surface area contributed by atoms with Crippen LogP contribution in [0.4, 0.5) is 36.4 Å². The molecule has 238 valence electrons. The molecule has 3 amide bonds. The highest BCUT2D eigenvalue weighted by molar-refractivity contribution is 6.00. The van der Waals surface area contributed by atoms with Crippen molar-refractivity contribution in [3.63, 3.8) is 0 Å². The highest BCUT2D eigenvalue weighted by Crippen LogP contribution is 2.44. The zero-order chi connectivity index (χ0) is 32.0. The van der Waals surface area contributed by atoms with Crippen LogP contribution in [0.2, 0.25) is 0 Å². The van der Waals surface area contributed by atoms with Crippen LogP contribution in [0.25, 0.3) is 0 Å². The number of benzene rings is 2. The van der Waals surface area contributed by atoms with Crippen LogP contribution in [0.1, 0.15) is 58.4 Å². The number of likely N-dealkylation sites (tertiary alicyclic amines) is 1. The van der Waals surface area contributed by atoms with Gasteiger partial charge in [-0.15, -0.1) is 13.2 Å². The largest absolute Gasteiger partial charge is 0.573 e. The predicted octanol–water partition coefficient (Wildman–Crippen LogP) is 5.20. The van der Waals surface area contributed by atoms with Gasteiger partial charge >= 0.3 is 12.5 Å². The van der Waals surface area contributed by atoms with Gasteiger partial charge in [-0.3, -0.25) is 14.4 Å². The summed E-state index contributed by atoms with van der Waals surface area (Å²) >= 11 is 0. The number of amides is 3. The van der Waals surface area contributed by atoms with Gasteiger partial charge in [0.25, 0.3) is 11.8 Å². The van der Waals surface area contributed by atoms with Crippen molar-refractivity contribution in [2.45, 2.75) is 62.8 Å². The van der Waals surface area contributed by atoms with E-state index in [0.29, 0.717) is 31.7 Å². The molecule has 0 radical (unpaired) electrons. The maximum Gasteiger partial charge on any atom is 0.573 e. The van der Waals surface area contributed by atoms with Crippen molar-refractivity contribution in [1.82, 2.24) is 15.1 Å². The summed E-state index contributed by atoms with van der Waals surface area (Å²) in [5.74, 6) is -5.24. The maximum absolute atomic E-state index is 14.6. The number of piperidine rings is 1. The summed E-state index contributed by atoms with van der Waals surface area (Å²) in [4.78, 5) is 42.6. The molecule has 2 N–H and O–H groups in total. The number of hydrogen-bond acceptors (Lipinski definition) is 5. The van der Waals surface area contributed by atoms with E-state index < -0.39 is 71.0 Å². The molecule has 2 aromatic carbocycles. The molecule has 0 aromatic heterocycles. The Bertz CT molecular complexity index is 1440. The molecule has 3 fully saturated rings. The summed E-state index contributed by atoms with van der Waals surface area (Å²) in [5.41, 5.74) is -2.28. The number of hydrogen-bond donors (Lipinski definition) is 2. The van der Waals surface area contributed by atoms with Crippen molar-refractivity contribution in [3.8, 4) is 5.75 Å². The van der Waals surface area contributed by atoms with Gasteiger partial charge < -0.3 is 25.2 Å². The third-order valence-corrected chi connectivity index (χ3v) is 8.42. The van der Waals surface area contributed by atoms with Gasteiger partial charge in [0.2, 0.25) is 5.91 Å². The van der Waals surface area contributed by atoms with E-state index in [2.05, 4.69) is 20.3 Å². The first-order valence-corrected chi connectivity index (χ1v) is 14.0. The number of ether oxygens (including phenoxy) is 1. The third kappa shape index (κ3) is 6.76. The molecule has 3 aliphatic heterocycles. The molecule has 15 heteroatoms. The number of fused-ring (bicyclic) bond motifs is 2. The second kappa shape index (κ2) is 11.9. The Balaban J connectivity index is 1.31. The lowest BCUT2D eigenvalue weighted by atomic mass is 9.88. The first-order chi connectivity index (χ1) is 20.6. The van der Waals surface area contributed by atoms with Gasteiger partial charge in [0.05, 0.1) is 22.7 Å². The Labute approximate surface area is 247 Å². The Morgan fingerprint density at radius 1 is 0.932 bits per heavy atom. The number of nitrogens with one attached hydrogen (secondary N) is 2. The highest BCUT2D eigenvalue weighted by atomic mass is 19.4. The molecule has 2 bridgehead atoms. The van der Waals surface area contributed by atoms with E-state index in [-0.39, 0.29) is 29.8 Å². The Morgan fingerprint density at radius 2 is 1.64 bits per heavy atom. The number of anilines is 1. The van der Waals surface area contributed by atoms with Gasteiger partial charge in [-0.05, 0) is 88.6 Å². The fourth-order valence-electron chi connectivity index (χ4n) is 6.21. The smallest absolute Gasteiger partial charge is 0.404 e. The minimum absolute atomic E-state index is 0.101. The summed E-state index contributed by atoms with van der Waals surface area (Å²) in [7, 11) is 1.94. The summed E-state index contributed by atoms with van der Waals surface area (Å²) in [5, 5.41) is 5.21. The van der Waals surface area contributed by atoms with Crippen molar-refractivity contribution in [1.29, 1.82) is 0 Å². The fourth-order valence-corrected chi connectivity index (χ4v) is 6.21. The molecule has 3 saturated heterocycles. The fraction of sp³-hybridized carbons (Fsp3) is 0.483. The van der Waals surface area contributed by atoms with Crippen LogP contribution >= 0.6 is 0 Å². The molecule has 2 aromatic rings. The molecule has 3 heterocycles. The molecule has 0 aliphatic carbocycles. The molecular formula is C29H29F7N4O4. The van der Waals surface area contributed by atoms with E-state index in [0.717, 1.165) is 31.3 Å². The van der Waals surface area contributed by atoms with Crippen molar-refractivity contribution < 1.29 is 49.9 Å². The topological polar surface area (TPSA) is 91.0 Å². The number of halogens is 7. The number of carbonyl (C=O) groups is 3. The lowest BCUT2D eigenvalue weighted by molar-refractivity contribution is -0.274. The Kier molecular flexibility index (Phi) is 8.53. The predicted molar refractivity (Wildman–Crippen MR) is 142 cm³/mol. The highest BCUT2D eigenvalue weighted by Gasteiger charge is 2.52. The van der Waals surface area contributed by atoms with E-state index in [4.69, 9.17) is 0 Å². The van der Waals surface area contributed by atoms with Crippen LogP contribution in [-0.4, -0.2) is 72.1 Å². The van der Waals surface area contributed by atoms with E-state index in [1.165, 1.54) is 11.0 Å². The minimum Gasteiger partial charge on any atom is -0.404 e. The van der Waals surface area contributed by atoms with E-state index >= 15 is 0 Å². The van der Waals surface area contributed by atoms with E-state index in [1.807, 2.05) is 7.05 Å². The van der Waals surface area contributed by atoms with Crippen LogP contribution in [0, 0.1) is 11.7 Å². The van der Waals surface area contributed by atoms with Gasteiger partial charge in [-0.2, -0.15) is 13.2 Å². The monoisotopic (exact) mass is 630 g/mol. The quantitative estimate of drug-likeness (QED) is 0.429. The molecule has 0 saturated carbocycles. The zero-order valence-electron chi connectivity index (χ0n) is 23.4. The number of alkyl halides is 6. The average molecular weight is 631 g/mol. The van der Waals surface area contributed by atoms with E-state index in [1.54, 1.807) is 0 Å². The van der Waals surface area contributed by atoms with Crippen molar-refractivity contribution in [2.75, 3.05) is 25.5 Å². The SMILES string of the molecule is CN1CCC(NC(=O)c2ccc(NC(=O)C3CC4CCC3N4C(=O)c3ccc(C(F)(F)F)cc3F)c(OC(F)(F)F)c2)CC1. The first-order valence-electron chi connectivity index (χ1n) is 14.0. The molecule has 3 aliphatic rings. The standard InChI is InChI=1S/C29H29F7N4O4/c1-39-10-8-17(9-11-39)37-25(41)15-2-6-22(24(12-15)44-29(34,35)36)38-26(42)20-14-18-4-7-23(20)40(18)27(43)19-5-3-16(13-21(19)30)28(31,32)33/h2-3,5-6,12-13,17-18,20,23H,4,7-11,14H2,1H3,(H,37,41)(H,38,42). The zero-order valence-corrected chi connectivity index (χ0v) is 23.4. The van der Waals surface area contributed by atoms with Crippen molar-refractivity contribution in [2.24, 2.45) is 5.92 Å². The maximum atomic E-state index is 14.6. The molecule has 8 nitrogen and oxygen atoms in total. The molecule has 3 atom stereocenters.